The zero-order valence-corrected chi connectivity index (χ0v) is 17.7. The van der Waals surface area contributed by atoms with Crippen molar-refractivity contribution in [3.63, 3.8) is 0 Å². The monoisotopic (exact) mass is 432 g/mol. The molecule has 3 aliphatic heterocycles. The Morgan fingerprint density at radius 1 is 0.906 bits per heavy atom. The third kappa shape index (κ3) is 3.31. The number of ether oxygens (including phenoxy) is 2. The molecule has 1 atom stereocenters. The van der Waals surface area contributed by atoms with Gasteiger partial charge in [-0.3, -0.25) is 19.1 Å². The Hall–Kier alpha value is -3.39. The summed E-state index contributed by atoms with van der Waals surface area (Å²) in [6, 6.07) is 15.7. The van der Waals surface area contributed by atoms with Gasteiger partial charge in [0, 0.05) is 31.5 Å². The summed E-state index contributed by atoms with van der Waals surface area (Å²) >= 11 is 0. The van der Waals surface area contributed by atoms with Gasteiger partial charge in [0.05, 0.1) is 6.54 Å². The largest absolute Gasteiger partial charge is 0.454 e. The maximum absolute atomic E-state index is 12.8. The molecule has 164 valence electrons. The molecule has 1 aromatic heterocycles. The molecule has 0 radical (unpaired) electrons. The third-order valence-electron chi connectivity index (χ3n) is 6.77. The number of aromatic nitrogens is 3. The highest BCUT2D eigenvalue weighted by Crippen LogP contribution is 2.40. The topological polar surface area (TPSA) is 78.6 Å². The molecular weight excluding hydrogens is 408 g/mol. The lowest BCUT2D eigenvalue weighted by atomic mass is 9.86. The van der Waals surface area contributed by atoms with Crippen LogP contribution in [0.2, 0.25) is 0 Å². The van der Waals surface area contributed by atoms with E-state index in [9.17, 15) is 9.59 Å². The van der Waals surface area contributed by atoms with Crippen molar-refractivity contribution in [2.24, 2.45) is 5.41 Å². The predicted molar refractivity (Wildman–Crippen MR) is 117 cm³/mol. The minimum atomic E-state index is -0.551. The molecule has 1 saturated heterocycles. The van der Waals surface area contributed by atoms with E-state index in [-0.39, 0.29) is 12.2 Å². The molecule has 0 aliphatic carbocycles. The maximum Gasteiger partial charge on any atom is 0.332 e. The van der Waals surface area contributed by atoms with Gasteiger partial charge in [-0.1, -0.05) is 36.4 Å². The lowest BCUT2D eigenvalue weighted by molar-refractivity contribution is 0.174. The van der Waals surface area contributed by atoms with Crippen LogP contribution in [-0.4, -0.2) is 39.1 Å². The lowest BCUT2D eigenvalue weighted by Gasteiger charge is -2.22. The first-order valence-corrected chi connectivity index (χ1v) is 10.9. The van der Waals surface area contributed by atoms with Crippen molar-refractivity contribution in [2.45, 2.75) is 32.5 Å². The SMILES string of the molecule is O=c1c(=O)n2c(nn1Cc1ccccc1)C[C@]1(CCN(Cc3ccc4c(c3)OCO4)C1)C2. The molecule has 0 amide bonds. The molecule has 0 N–H and O–H groups in total. The number of hydrogen-bond acceptors (Lipinski definition) is 6. The number of hydrogen-bond donors (Lipinski definition) is 0. The van der Waals surface area contributed by atoms with Crippen molar-refractivity contribution in [1.82, 2.24) is 19.2 Å². The second-order valence-electron chi connectivity index (χ2n) is 9.08. The molecule has 0 saturated carbocycles. The van der Waals surface area contributed by atoms with Crippen molar-refractivity contribution in [2.75, 3.05) is 19.9 Å². The van der Waals surface area contributed by atoms with E-state index >= 15 is 0 Å². The predicted octanol–water partition coefficient (Wildman–Crippen LogP) is 1.63. The van der Waals surface area contributed by atoms with Crippen LogP contribution in [0, 0.1) is 5.41 Å². The normalized spacial score (nSPS) is 21.4. The summed E-state index contributed by atoms with van der Waals surface area (Å²) in [5, 5.41) is 4.59. The van der Waals surface area contributed by atoms with Crippen molar-refractivity contribution >= 4 is 0 Å². The molecule has 0 unspecified atom stereocenters. The molecule has 32 heavy (non-hydrogen) atoms. The first-order chi connectivity index (χ1) is 15.6. The standard InChI is InChI=1S/C24H24N4O4/c29-22-23(30)28(13-17-4-2-1-3-5-17)25-21-11-24(15-27(21)22)8-9-26(14-24)12-18-6-7-19-20(10-18)32-16-31-19/h1-7,10H,8-9,11-16H2/t24-/m0/s1. The van der Waals surface area contributed by atoms with Gasteiger partial charge in [0.2, 0.25) is 6.79 Å². The summed E-state index contributed by atoms with van der Waals surface area (Å²) < 4.78 is 13.8. The average Bonchev–Trinajstić information content (AvgIpc) is 3.51. The summed E-state index contributed by atoms with van der Waals surface area (Å²) in [7, 11) is 0. The van der Waals surface area contributed by atoms with Gasteiger partial charge >= 0.3 is 11.1 Å². The van der Waals surface area contributed by atoms with E-state index in [1.165, 1.54) is 10.2 Å². The van der Waals surface area contributed by atoms with E-state index in [4.69, 9.17) is 9.47 Å². The van der Waals surface area contributed by atoms with Gasteiger partial charge in [-0.15, -0.1) is 0 Å². The summed E-state index contributed by atoms with van der Waals surface area (Å²) in [5.74, 6) is 2.31. The van der Waals surface area contributed by atoms with E-state index < -0.39 is 11.1 Å². The molecule has 8 heteroatoms. The highest BCUT2D eigenvalue weighted by Gasteiger charge is 2.44. The van der Waals surface area contributed by atoms with Gasteiger partial charge in [0.25, 0.3) is 0 Å². The molecule has 8 nitrogen and oxygen atoms in total. The second kappa shape index (κ2) is 7.34. The highest BCUT2D eigenvalue weighted by atomic mass is 16.7. The third-order valence-corrected chi connectivity index (χ3v) is 6.77. The molecule has 3 aromatic rings. The van der Waals surface area contributed by atoms with Crippen LogP contribution in [0.25, 0.3) is 0 Å². The van der Waals surface area contributed by atoms with Gasteiger partial charge < -0.3 is 9.47 Å². The average molecular weight is 432 g/mol. The van der Waals surface area contributed by atoms with E-state index in [2.05, 4.69) is 16.1 Å². The van der Waals surface area contributed by atoms with Gasteiger partial charge in [0.15, 0.2) is 11.5 Å². The molecule has 1 spiro atoms. The van der Waals surface area contributed by atoms with Crippen molar-refractivity contribution in [3.8, 4) is 11.5 Å². The summed E-state index contributed by atoms with van der Waals surface area (Å²) in [6.07, 6.45) is 1.70. The summed E-state index contributed by atoms with van der Waals surface area (Å²) in [5.41, 5.74) is 1.07. The van der Waals surface area contributed by atoms with Crippen LogP contribution in [0.5, 0.6) is 11.5 Å². The summed E-state index contributed by atoms with van der Waals surface area (Å²) in [4.78, 5) is 27.9. The Balaban J connectivity index is 1.20. The molecule has 1 fully saturated rings. The molecular formula is C24H24N4O4. The van der Waals surface area contributed by atoms with E-state index in [0.29, 0.717) is 13.1 Å². The maximum atomic E-state index is 12.8. The Morgan fingerprint density at radius 2 is 1.75 bits per heavy atom. The van der Waals surface area contributed by atoms with Crippen LogP contribution >= 0.6 is 0 Å². The van der Waals surface area contributed by atoms with Crippen LogP contribution in [-0.2, 0) is 26.1 Å². The number of rotatable bonds is 4. The zero-order valence-electron chi connectivity index (χ0n) is 17.7. The number of fused-ring (bicyclic) bond motifs is 2. The van der Waals surface area contributed by atoms with Crippen molar-refractivity contribution in [3.05, 3.63) is 86.2 Å². The Kier molecular flexibility index (Phi) is 4.43. The number of benzene rings is 2. The molecule has 0 bridgehead atoms. The van der Waals surface area contributed by atoms with Crippen LogP contribution in [0.15, 0.2) is 58.1 Å². The Labute approximate surface area is 184 Å². The van der Waals surface area contributed by atoms with Gasteiger partial charge in [-0.25, -0.2) is 4.68 Å². The van der Waals surface area contributed by atoms with Crippen molar-refractivity contribution in [1.29, 1.82) is 0 Å². The van der Waals surface area contributed by atoms with Crippen molar-refractivity contribution < 1.29 is 9.47 Å². The van der Waals surface area contributed by atoms with Gasteiger partial charge in [0.1, 0.15) is 5.82 Å². The Morgan fingerprint density at radius 3 is 2.62 bits per heavy atom. The second-order valence-corrected chi connectivity index (χ2v) is 9.08. The van der Waals surface area contributed by atoms with Crippen LogP contribution in [0.3, 0.4) is 0 Å². The fourth-order valence-electron chi connectivity index (χ4n) is 5.20. The van der Waals surface area contributed by atoms with Crippen LogP contribution < -0.4 is 20.6 Å². The lowest BCUT2D eigenvalue weighted by Crippen LogP contribution is -2.43. The Bertz CT molecular complexity index is 1300. The van der Waals surface area contributed by atoms with E-state index in [1.54, 1.807) is 4.57 Å². The fourth-order valence-corrected chi connectivity index (χ4v) is 5.20. The van der Waals surface area contributed by atoms with Crippen LogP contribution in [0.1, 0.15) is 23.4 Å². The summed E-state index contributed by atoms with van der Waals surface area (Å²) in [6.45, 7) is 3.79. The highest BCUT2D eigenvalue weighted by molar-refractivity contribution is 5.44. The molecule has 2 aromatic carbocycles. The first-order valence-electron chi connectivity index (χ1n) is 10.9. The minimum Gasteiger partial charge on any atom is -0.454 e. The smallest absolute Gasteiger partial charge is 0.332 e. The molecule has 4 heterocycles. The fraction of sp³-hybridized carbons (Fsp3) is 0.375. The molecule has 3 aliphatic rings. The number of nitrogens with zero attached hydrogens (tertiary/aromatic N) is 4. The number of likely N-dealkylation sites (tertiary alicyclic amines) is 1. The van der Waals surface area contributed by atoms with Gasteiger partial charge in [-0.05, 0) is 36.2 Å². The van der Waals surface area contributed by atoms with E-state index in [0.717, 1.165) is 55.4 Å². The quantitative estimate of drug-likeness (QED) is 0.583. The van der Waals surface area contributed by atoms with Crippen LogP contribution in [0.4, 0.5) is 0 Å². The van der Waals surface area contributed by atoms with Gasteiger partial charge in [-0.2, -0.15) is 5.10 Å². The molecule has 6 rings (SSSR count). The minimum absolute atomic E-state index is 0.0477. The first kappa shape index (κ1) is 19.3. The van der Waals surface area contributed by atoms with E-state index in [1.807, 2.05) is 42.5 Å². The zero-order chi connectivity index (χ0) is 21.7.